The van der Waals surface area contributed by atoms with Crippen LogP contribution < -0.4 is 10.6 Å². The molecule has 0 aliphatic heterocycles. The van der Waals surface area contributed by atoms with Crippen LogP contribution in [-0.2, 0) is 14.6 Å². The Morgan fingerprint density at radius 2 is 1.64 bits per heavy atom. The number of rotatable bonds is 8. The third-order valence-corrected chi connectivity index (χ3v) is 10.9. The number of amides is 2. The van der Waals surface area contributed by atoms with E-state index in [0.717, 1.165) is 6.07 Å². The second kappa shape index (κ2) is 11.8. The molecule has 2 fully saturated rings. The zero-order valence-electron chi connectivity index (χ0n) is 23.4. The minimum atomic E-state index is -4.10. The topological polar surface area (TPSA) is 133 Å². The van der Waals surface area contributed by atoms with Gasteiger partial charge in [-0.1, -0.05) is 32.4 Å². The number of aliphatic hydroxyl groups is 2. The van der Waals surface area contributed by atoms with Crippen LogP contribution in [0.15, 0.2) is 35.2 Å². The molecule has 0 aromatic heterocycles. The molecule has 2 bridgehead atoms. The van der Waals surface area contributed by atoms with E-state index in [1.54, 1.807) is 20.8 Å². The average molecular weight is 631 g/mol. The van der Waals surface area contributed by atoms with Crippen molar-refractivity contribution in [2.24, 2.45) is 17.3 Å². The van der Waals surface area contributed by atoms with Crippen molar-refractivity contribution in [2.45, 2.75) is 74.7 Å². The fraction of sp³-hybridized carbons (Fsp3) is 0.517. The minimum absolute atomic E-state index is 0.0134. The summed E-state index contributed by atoms with van der Waals surface area (Å²) in [6.45, 7) is 5.19. The maximum Gasteiger partial charge on any atom is 0.255 e. The third kappa shape index (κ3) is 6.46. The molecule has 2 amide bonds. The molecule has 4 N–H and O–H groups in total. The Morgan fingerprint density at radius 3 is 2.19 bits per heavy atom. The van der Waals surface area contributed by atoms with Crippen LogP contribution in [-0.4, -0.2) is 53.9 Å². The van der Waals surface area contributed by atoms with Crippen LogP contribution in [0.5, 0.6) is 0 Å². The van der Waals surface area contributed by atoms with Crippen LogP contribution in [0.4, 0.5) is 18.9 Å². The number of carbonyl (C=O) groups excluding carboxylic acids is 2. The Bertz CT molecular complexity index is 1460. The van der Waals surface area contributed by atoms with Crippen molar-refractivity contribution in [2.75, 3.05) is 11.9 Å². The van der Waals surface area contributed by atoms with Crippen molar-refractivity contribution in [1.82, 2.24) is 5.32 Å². The molecule has 0 spiro atoms. The molecule has 2 aliphatic rings. The number of benzene rings is 2. The van der Waals surface area contributed by atoms with Crippen LogP contribution in [0.2, 0.25) is 5.02 Å². The number of nitrogens with one attached hydrogen (secondary N) is 2. The predicted octanol–water partition coefficient (Wildman–Crippen LogP) is 4.62. The van der Waals surface area contributed by atoms with E-state index in [1.807, 2.05) is 0 Å². The van der Waals surface area contributed by atoms with Crippen molar-refractivity contribution in [3.8, 4) is 0 Å². The molecule has 2 aromatic rings. The highest BCUT2D eigenvalue weighted by Crippen LogP contribution is 2.54. The molecular formula is C29H34ClF3N2O6S. The summed E-state index contributed by atoms with van der Waals surface area (Å²) >= 11 is 6.26. The normalized spacial score (nSPS) is 24.7. The van der Waals surface area contributed by atoms with Gasteiger partial charge in [0.2, 0.25) is 5.91 Å². The van der Waals surface area contributed by atoms with Crippen molar-refractivity contribution in [1.29, 1.82) is 0 Å². The second-order valence-electron chi connectivity index (χ2n) is 12.3. The summed E-state index contributed by atoms with van der Waals surface area (Å²) in [5, 5.41) is 26.0. The second-order valence-corrected chi connectivity index (χ2v) is 14.9. The summed E-state index contributed by atoms with van der Waals surface area (Å²) in [4.78, 5) is 24.6. The maximum atomic E-state index is 13.8. The molecule has 0 heterocycles. The maximum absolute atomic E-state index is 13.8. The largest absolute Gasteiger partial charge is 0.391 e. The summed E-state index contributed by atoms with van der Waals surface area (Å²) in [6, 6.07) is 4.74. The van der Waals surface area contributed by atoms with Gasteiger partial charge in [0.1, 0.15) is 0 Å². The fourth-order valence-corrected chi connectivity index (χ4v) is 8.40. The van der Waals surface area contributed by atoms with Crippen LogP contribution in [0.1, 0.15) is 63.2 Å². The number of hydrogen-bond acceptors (Lipinski definition) is 6. The zero-order valence-corrected chi connectivity index (χ0v) is 25.0. The van der Waals surface area contributed by atoms with E-state index < -0.39 is 67.4 Å². The van der Waals surface area contributed by atoms with Gasteiger partial charge in [-0.15, -0.1) is 0 Å². The van der Waals surface area contributed by atoms with Crippen molar-refractivity contribution >= 4 is 38.9 Å². The van der Waals surface area contributed by atoms with Crippen LogP contribution >= 0.6 is 11.6 Å². The summed E-state index contributed by atoms with van der Waals surface area (Å²) in [7, 11) is -4.10. The predicted molar refractivity (Wildman–Crippen MR) is 150 cm³/mol. The quantitative estimate of drug-likeness (QED) is 0.315. The number of fused-ring (bicyclic) bond motifs is 2. The highest BCUT2D eigenvalue weighted by Gasteiger charge is 2.56. The number of aliphatic hydroxyl groups excluding tert-OH is 1. The number of sulfone groups is 1. The number of hydrogen-bond donors (Lipinski definition) is 4. The molecule has 42 heavy (non-hydrogen) atoms. The first-order chi connectivity index (χ1) is 19.4. The smallest absolute Gasteiger partial charge is 0.255 e. The van der Waals surface area contributed by atoms with Gasteiger partial charge in [0.15, 0.2) is 27.3 Å². The van der Waals surface area contributed by atoms with E-state index >= 15 is 0 Å². The molecule has 2 aromatic carbocycles. The van der Waals surface area contributed by atoms with Gasteiger partial charge in [-0.25, -0.2) is 21.6 Å². The van der Waals surface area contributed by atoms with E-state index in [-0.39, 0.29) is 52.9 Å². The number of halogens is 4. The Hall–Kier alpha value is -2.67. The first kappa shape index (κ1) is 32.2. The molecule has 4 rings (SSSR count). The number of anilines is 1. The molecule has 13 heteroatoms. The summed E-state index contributed by atoms with van der Waals surface area (Å²) in [5.41, 5.74) is -2.46. The van der Waals surface area contributed by atoms with Crippen molar-refractivity contribution in [3.63, 3.8) is 0 Å². The molecule has 230 valence electrons. The zero-order chi connectivity index (χ0) is 31.2. The number of carbonyl (C=O) groups is 2. The van der Waals surface area contributed by atoms with Crippen LogP contribution in [0.25, 0.3) is 0 Å². The van der Waals surface area contributed by atoms with E-state index in [0.29, 0.717) is 25.0 Å². The molecule has 0 saturated heterocycles. The van der Waals surface area contributed by atoms with Crippen molar-refractivity contribution < 1.29 is 41.4 Å². The van der Waals surface area contributed by atoms with E-state index in [9.17, 15) is 41.4 Å². The molecule has 3 unspecified atom stereocenters. The molecule has 2 aliphatic carbocycles. The first-order valence-electron chi connectivity index (χ1n) is 13.6. The van der Waals surface area contributed by atoms with Gasteiger partial charge in [0.05, 0.1) is 26.9 Å². The molecular weight excluding hydrogens is 597 g/mol. The molecule has 8 nitrogen and oxygen atoms in total. The summed E-state index contributed by atoms with van der Waals surface area (Å²) < 4.78 is 67.9. The van der Waals surface area contributed by atoms with Gasteiger partial charge in [0, 0.05) is 41.8 Å². The van der Waals surface area contributed by atoms with Gasteiger partial charge < -0.3 is 20.8 Å². The van der Waals surface area contributed by atoms with Gasteiger partial charge in [-0.05, 0) is 55.7 Å². The Morgan fingerprint density at radius 1 is 1.07 bits per heavy atom. The minimum Gasteiger partial charge on any atom is -0.391 e. The Labute approximate surface area is 247 Å². The van der Waals surface area contributed by atoms with Gasteiger partial charge in [-0.3, -0.25) is 9.59 Å². The molecule has 3 atom stereocenters. The highest BCUT2D eigenvalue weighted by atomic mass is 35.5. The van der Waals surface area contributed by atoms with Crippen molar-refractivity contribution in [3.05, 3.63) is 58.4 Å². The SMILES string of the molecule is CC(C)(C)C(=O)NCC(O)CC1(O)C2CCC1CC(S(=O)(=O)c1cc(C(=O)Nc3cc(F)c(F)c(F)c3)ccc1Cl)C2. The third-order valence-electron chi connectivity index (χ3n) is 8.29. The van der Waals surface area contributed by atoms with E-state index in [2.05, 4.69) is 10.6 Å². The lowest BCUT2D eigenvalue weighted by Crippen LogP contribution is -2.51. The lowest BCUT2D eigenvalue weighted by molar-refractivity contribution is -0.129. The summed E-state index contributed by atoms with van der Waals surface area (Å²) in [5.74, 6) is -6.66. The van der Waals surface area contributed by atoms with Crippen LogP contribution in [0.3, 0.4) is 0 Å². The Kier molecular flexibility index (Phi) is 9.05. The summed E-state index contributed by atoms with van der Waals surface area (Å²) in [6.07, 6.45) is 0.310. The average Bonchev–Trinajstić information content (AvgIpc) is 3.05. The lowest BCUT2D eigenvalue weighted by Gasteiger charge is -2.43. The van der Waals surface area contributed by atoms with E-state index in [1.165, 1.54) is 12.1 Å². The highest BCUT2D eigenvalue weighted by molar-refractivity contribution is 7.92. The monoisotopic (exact) mass is 630 g/mol. The van der Waals surface area contributed by atoms with E-state index in [4.69, 9.17) is 11.6 Å². The van der Waals surface area contributed by atoms with Crippen LogP contribution in [0, 0.1) is 34.7 Å². The lowest BCUT2D eigenvalue weighted by atomic mass is 9.71. The Balaban J connectivity index is 1.48. The first-order valence-corrected chi connectivity index (χ1v) is 15.5. The van der Waals surface area contributed by atoms with Gasteiger partial charge in [-0.2, -0.15) is 0 Å². The fourth-order valence-electron chi connectivity index (χ4n) is 6.00. The van der Waals surface area contributed by atoms with Gasteiger partial charge in [0.25, 0.3) is 5.91 Å². The van der Waals surface area contributed by atoms with Gasteiger partial charge >= 0.3 is 0 Å². The molecule has 0 radical (unpaired) electrons. The standard InChI is InChI=1S/C29H34ClF3N2O6S/c1-28(2,3)27(38)34-14-19(36)13-29(39)16-5-6-17(29)10-20(9-16)42(40,41)24-8-15(4-7-21(24)30)26(37)35-18-11-22(31)25(33)23(32)12-18/h4,7-8,11-12,16-17,19-20,36,39H,5-6,9-10,13-14H2,1-3H3,(H,34,38)(H,35,37). The molecule has 2 saturated carbocycles.